The molecule has 1 atom stereocenters. The summed E-state index contributed by atoms with van der Waals surface area (Å²) in [6.45, 7) is 10.2. The molecule has 0 saturated carbocycles. The molecular formula is C22H34N4O2. The Bertz CT molecular complexity index is 692. The smallest absolute Gasteiger partial charge is 0.253 e. The molecule has 28 heavy (non-hydrogen) atoms. The SMILES string of the molecule is Cc1cc(C(=O)N2CCCC2)ccc1NC(=O)CCC(C)N1CCN(C)CC1. The second-order valence-corrected chi connectivity index (χ2v) is 8.30. The number of hydrogen-bond acceptors (Lipinski definition) is 4. The molecular weight excluding hydrogens is 352 g/mol. The summed E-state index contributed by atoms with van der Waals surface area (Å²) in [4.78, 5) is 31.7. The molecule has 0 aromatic heterocycles. The standard InChI is InChI=1S/C22H34N4O2/c1-17-16-19(22(28)26-10-4-5-11-26)7-8-20(17)23-21(27)9-6-18(2)25-14-12-24(3)13-15-25/h7-8,16,18H,4-6,9-15H2,1-3H3,(H,23,27). The number of hydrogen-bond donors (Lipinski definition) is 1. The summed E-state index contributed by atoms with van der Waals surface area (Å²) in [6.07, 6.45) is 3.55. The monoisotopic (exact) mass is 386 g/mol. The number of nitrogens with one attached hydrogen (secondary N) is 1. The van der Waals surface area contributed by atoms with Gasteiger partial charge in [-0.25, -0.2) is 0 Å². The van der Waals surface area contributed by atoms with Crippen molar-refractivity contribution in [3.8, 4) is 0 Å². The lowest BCUT2D eigenvalue weighted by Crippen LogP contribution is -2.48. The first-order chi connectivity index (χ1) is 13.4. The summed E-state index contributed by atoms with van der Waals surface area (Å²) < 4.78 is 0. The summed E-state index contributed by atoms with van der Waals surface area (Å²) in [7, 11) is 2.15. The van der Waals surface area contributed by atoms with Gasteiger partial charge in [-0.3, -0.25) is 14.5 Å². The summed E-state index contributed by atoms with van der Waals surface area (Å²) in [5.74, 6) is 0.141. The Labute approximate surface area is 168 Å². The van der Waals surface area contributed by atoms with Crippen molar-refractivity contribution in [2.24, 2.45) is 0 Å². The van der Waals surface area contributed by atoms with Gasteiger partial charge in [-0.2, -0.15) is 0 Å². The van der Waals surface area contributed by atoms with Crippen LogP contribution in [0.1, 0.15) is 48.5 Å². The number of carbonyl (C=O) groups excluding carboxylic acids is 2. The van der Waals surface area contributed by atoms with Crippen LogP contribution in [0.4, 0.5) is 5.69 Å². The first-order valence-electron chi connectivity index (χ1n) is 10.6. The van der Waals surface area contributed by atoms with Crippen LogP contribution in [0, 0.1) is 6.92 Å². The van der Waals surface area contributed by atoms with Crippen molar-refractivity contribution >= 4 is 17.5 Å². The van der Waals surface area contributed by atoms with Gasteiger partial charge in [0.2, 0.25) is 5.91 Å². The normalized spacial score (nSPS) is 19.6. The summed E-state index contributed by atoms with van der Waals surface area (Å²) in [6, 6.07) is 6.00. The summed E-state index contributed by atoms with van der Waals surface area (Å²) >= 11 is 0. The lowest BCUT2D eigenvalue weighted by molar-refractivity contribution is -0.116. The van der Waals surface area contributed by atoms with E-state index in [0.717, 1.165) is 69.8 Å². The summed E-state index contributed by atoms with van der Waals surface area (Å²) in [5, 5.41) is 3.02. The van der Waals surface area contributed by atoms with Gasteiger partial charge in [-0.05, 0) is 63.9 Å². The van der Waals surface area contributed by atoms with Crippen LogP contribution < -0.4 is 5.32 Å². The molecule has 1 N–H and O–H groups in total. The molecule has 1 aromatic rings. The number of aryl methyl sites for hydroxylation is 1. The number of anilines is 1. The van der Waals surface area contributed by atoms with Gasteiger partial charge in [0.15, 0.2) is 0 Å². The van der Waals surface area contributed by atoms with Gasteiger partial charge in [0.1, 0.15) is 0 Å². The average Bonchev–Trinajstić information content (AvgIpc) is 3.22. The number of benzene rings is 1. The minimum absolute atomic E-state index is 0.0442. The van der Waals surface area contributed by atoms with Gasteiger partial charge in [0.05, 0.1) is 0 Å². The Hall–Kier alpha value is -1.92. The first kappa shape index (κ1) is 20.8. The molecule has 2 fully saturated rings. The highest BCUT2D eigenvalue weighted by atomic mass is 16.2. The molecule has 154 valence electrons. The molecule has 3 rings (SSSR count). The fraction of sp³-hybridized carbons (Fsp3) is 0.636. The maximum atomic E-state index is 12.5. The maximum Gasteiger partial charge on any atom is 0.253 e. The largest absolute Gasteiger partial charge is 0.339 e. The number of nitrogens with zero attached hydrogens (tertiary/aromatic N) is 3. The minimum atomic E-state index is 0.0442. The molecule has 6 nitrogen and oxygen atoms in total. The fourth-order valence-corrected chi connectivity index (χ4v) is 4.04. The number of rotatable bonds is 6. The van der Waals surface area contributed by atoms with Crippen molar-refractivity contribution in [3.05, 3.63) is 29.3 Å². The number of likely N-dealkylation sites (tertiary alicyclic amines) is 1. The number of carbonyl (C=O) groups is 2. The van der Waals surface area contributed by atoms with Crippen molar-refractivity contribution in [1.29, 1.82) is 0 Å². The highest BCUT2D eigenvalue weighted by Gasteiger charge is 2.21. The molecule has 6 heteroatoms. The molecule has 2 saturated heterocycles. The zero-order chi connectivity index (χ0) is 20.1. The number of piperazine rings is 1. The predicted octanol–water partition coefficient (Wildman–Crippen LogP) is 2.59. The minimum Gasteiger partial charge on any atom is -0.339 e. The first-order valence-corrected chi connectivity index (χ1v) is 10.6. The van der Waals surface area contributed by atoms with Crippen molar-refractivity contribution < 1.29 is 9.59 Å². The van der Waals surface area contributed by atoms with Crippen molar-refractivity contribution in [3.63, 3.8) is 0 Å². The molecule has 1 unspecified atom stereocenters. The molecule has 0 aliphatic carbocycles. The van der Waals surface area contributed by atoms with Crippen LogP contribution in [0.2, 0.25) is 0 Å². The quantitative estimate of drug-likeness (QED) is 0.816. The van der Waals surface area contributed by atoms with E-state index in [1.54, 1.807) is 0 Å². The van der Waals surface area contributed by atoms with Crippen molar-refractivity contribution in [1.82, 2.24) is 14.7 Å². The van der Waals surface area contributed by atoms with E-state index in [-0.39, 0.29) is 11.8 Å². The van der Waals surface area contributed by atoms with Gasteiger partial charge < -0.3 is 15.1 Å². The van der Waals surface area contributed by atoms with E-state index in [4.69, 9.17) is 0 Å². The lowest BCUT2D eigenvalue weighted by atomic mass is 10.1. The third kappa shape index (κ3) is 5.32. The van der Waals surface area contributed by atoms with Crippen LogP contribution in [0.5, 0.6) is 0 Å². The van der Waals surface area contributed by atoms with Crippen LogP contribution in [-0.2, 0) is 4.79 Å². The van der Waals surface area contributed by atoms with Crippen molar-refractivity contribution in [2.45, 2.75) is 45.6 Å². The second kappa shape index (κ2) is 9.52. The van der Waals surface area contributed by atoms with Crippen LogP contribution >= 0.6 is 0 Å². The van der Waals surface area contributed by atoms with Gasteiger partial charge in [-0.1, -0.05) is 0 Å². The number of amides is 2. The van der Waals surface area contributed by atoms with Crippen LogP contribution in [-0.4, -0.2) is 78.9 Å². The zero-order valence-corrected chi connectivity index (χ0v) is 17.5. The molecule has 2 heterocycles. The van der Waals surface area contributed by atoms with E-state index >= 15 is 0 Å². The van der Waals surface area contributed by atoms with Crippen LogP contribution in [0.3, 0.4) is 0 Å². The van der Waals surface area contributed by atoms with Crippen LogP contribution in [0.15, 0.2) is 18.2 Å². The Morgan fingerprint density at radius 1 is 1.07 bits per heavy atom. The second-order valence-electron chi connectivity index (χ2n) is 8.30. The van der Waals surface area contributed by atoms with E-state index in [1.165, 1.54) is 0 Å². The Morgan fingerprint density at radius 3 is 2.39 bits per heavy atom. The number of likely N-dealkylation sites (N-methyl/N-ethyl adjacent to an activating group) is 1. The van der Waals surface area contributed by atoms with E-state index < -0.39 is 0 Å². The Kier molecular flexibility index (Phi) is 7.08. The fourth-order valence-electron chi connectivity index (χ4n) is 4.04. The van der Waals surface area contributed by atoms with E-state index in [2.05, 4.69) is 29.1 Å². The third-order valence-corrected chi connectivity index (χ3v) is 6.09. The molecule has 0 spiro atoms. The molecule has 2 amide bonds. The summed E-state index contributed by atoms with van der Waals surface area (Å²) in [5.41, 5.74) is 2.45. The Balaban J connectivity index is 1.49. The lowest BCUT2D eigenvalue weighted by Gasteiger charge is -2.36. The zero-order valence-electron chi connectivity index (χ0n) is 17.5. The van der Waals surface area contributed by atoms with Gasteiger partial charge in [0.25, 0.3) is 5.91 Å². The molecule has 0 bridgehead atoms. The topological polar surface area (TPSA) is 55.9 Å². The third-order valence-electron chi connectivity index (χ3n) is 6.09. The Morgan fingerprint density at radius 2 is 1.75 bits per heavy atom. The van der Waals surface area contributed by atoms with Crippen molar-refractivity contribution in [2.75, 3.05) is 51.6 Å². The van der Waals surface area contributed by atoms with E-state index in [9.17, 15) is 9.59 Å². The van der Waals surface area contributed by atoms with Gasteiger partial charge in [-0.15, -0.1) is 0 Å². The van der Waals surface area contributed by atoms with Gasteiger partial charge >= 0.3 is 0 Å². The highest BCUT2D eigenvalue weighted by Crippen LogP contribution is 2.20. The van der Waals surface area contributed by atoms with Crippen LogP contribution in [0.25, 0.3) is 0 Å². The predicted molar refractivity (Wildman–Crippen MR) is 113 cm³/mol. The van der Waals surface area contributed by atoms with E-state index in [0.29, 0.717) is 18.0 Å². The molecule has 1 aromatic carbocycles. The average molecular weight is 387 g/mol. The molecule has 0 radical (unpaired) electrons. The maximum absolute atomic E-state index is 12.5. The van der Waals surface area contributed by atoms with Gasteiger partial charge in [0, 0.05) is 63.0 Å². The highest BCUT2D eigenvalue weighted by molar-refractivity contribution is 5.96. The molecule has 2 aliphatic heterocycles. The van der Waals surface area contributed by atoms with E-state index in [1.807, 2.05) is 30.0 Å². The molecule has 2 aliphatic rings.